The molecule has 1 heterocycles. The van der Waals surface area contributed by atoms with Crippen molar-refractivity contribution in [2.75, 3.05) is 42.9 Å². The topological polar surface area (TPSA) is 47.6 Å². The number of thiocarbonyl (C=S) groups is 1. The summed E-state index contributed by atoms with van der Waals surface area (Å²) in [7, 11) is 0. The fourth-order valence-corrected chi connectivity index (χ4v) is 3.56. The minimum absolute atomic E-state index is 0.0486. The molecule has 0 atom stereocenters. The van der Waals surface area contributed by atoms with Crippen molar-refractivity contribution in [1.82, 2.24) is 10.2 Å². The second kappa shape index (κ2) is 10.7. The third kappa shape index (κ3) is 6.41. The van der Waals surface area contributed by atoms with Gasteiger partial charge in [0.2, 0.25) is 5.91 Å². The molecule has 1 saturated heterocycles. The summed E-state index contributed by atoms with van der Waals surface area (Å²) in [5.74, 6) is -0.0486. The van der Waals surface area contributed by atoms with Crippen LogP contribution in [0, 0.1) is 0 Å². The van der Waals surface area contributed by atoms with Gasteiger partial charge in [0.1, 0.15) is 0 Å². The molecule has 0 saturated carbocycles. The Morgan fingerprint density at radius 2 is 1.92 bits per heavy atom. The Hall–Kier alpha value is -1.37. The van der Waals surface area contributed by atoms with Crippen molar-refractivity contribution in [2.24, 2.45) is 0 Å². The third-order valence-corrected chi connectivity index (χ3v) is 5.13. The smallest absolute Gasteiger partial charge is 0.226 e. The average Bonchev–Trinajstić information content (AvgIpc) is 2.62. The van der Waals surface area contributed by atoms with Crippen molar-refractivity contribution in [3.8, 4) is 0 Å². The fourth-order valence-electron chi connectivity index (χ4n) is 3.03. The standard InChI is InChI=1S/C19H29ClN4OS/c1-3-5-6-7-18(25)22-19(26)21-15-8-9-17(16(20)14-15)24-12-10-23(4-2)11-13-24/h8-9,14H,3-7,10-13H2,1-2H3,(H2,21,22,25,26). The molecule has 5 nitrogen and oxygen atoms in total. The van der Waals surface area contributed by atoms with Crippen molar-refractivity contribution < 1.29 is 4.79 Å². The largest absolute Gasteiger partial charge is 0.368 e. The first-order valence-electron chi connectivity index (χ1n) is 9.41. The van der Waals surface area contributed by atoms with E-state index in [-0.39, 0.29) is 5.91 Å². The van der Waals surface area contributed by atoms with Gasteiger partial charge < -0.3 is 20.4 Å². The summed E-state index contributed by atoms with van der Waals surface area (Å²) in [5.41, 5.74) is 1.83. The highest BCUT2D eigenvalue weighted by Gasteiger charge is 2.18. The summed E-state index contributed by atoms with van der Waals surface area (Å²) in [4.78, 5) is 16.6. The van der Waals surface area contributed by atoms with Crippen LogP contribution in [0.15, 0.2) is 18.2 Å². The summed E-state index contributed by atoms with van der Waals surface area (Å²) in [6.45, 7) is 9.46. The average molecular weight is 397 g/mol. The Bertz CT molecular complexity index is 618. The SMILES string of the molecule is CCCCCC(=O)NC(=S)Nc1ccc(N2CCN(CC)CC2)c(Cl)c1. The second-order valence-electron chi connectivity index (χ2n) is 6.55. The van der Waals surface area contributed by atoms with Gasteiger partial charge in [-0.05, 0) is 43.4 Å². The number of likely N-dealkylation sites (N-methyl/N-ethyl adjacent to an activating group) is 1. The van der Waals surface area contributed by atoms with Crippen LogP contribution in [-0.2, 0) is 4.79 Å². The summed E-state index contributed by atoms with van der Waals surface area (Å²) in [5, 5.41) is 6.76. The molecule has 0 aromatic heterocycles. The number of hydrogen-bond donors (Lipinski definition) is 2. The van der Waals surface area contributed by atoms with Crippen LogP contribution in [0.3, 0.4) is 0 Å². The van der Waals surface area contributed by atoms with Crippen molar-refractivity contribution >= 4 is 46.2 Å². The highest BCUT2D eigenvalue weighted by atomic mass is 35.5. The van der Waals surface area contributed by atoms with Gasteiger partial charge in [0.25, 0.3) is 0 Å². The molecule has 1 aromatic rings. The van der Waals surface area contributed by atoms with Crippen LogP contribution in [0.5, 0.6) is 0 Å². The number of hydrogen-bond acceptors (Lipinski definition) is 4. The third-order valence-electron chi connectivity index (χ3n) is 4.63. The minimum atomic E-state index is -0.0486. The van der Waals surface area contributed by atoms with E-state index in [9.17, 15) is 4.79 Å². The predicted molar refractivity (Wildman–Crippen MR) is 114 cm³/mol. The maximum absolute atomic E-state index is 11.8. The van der Waals surface area contributed by atoms with Crippen molar-refractivity contribution in [1.29, 1.82) is 0 Å². The summed E-state index contributed by atoms with van der Waals surface area (Å²) in [6.07, 6.45) is 3.53. The second-order valence-corrected chi connectivity index (χ2v) is 7.36. The van der Waals surface area contributed by atoms with Gasteiger partial charge in [-0.15, -0.1) is 0 Å². The molecule has 7 heteroatoms. The monoisotopic (exact) mass is 396 g/mol. The molecule has 144 valence electrons. The van der Waals surface area contributed by atoms with Gasteiger partial charge in [0.05, 0.1) is 10.7 Å². The zero-order valence-corrected chi connectivity index (χ0v) is 17.3. The van der Waals surface area contributed by atoms with Crippen LogP contribution < -0.4 is 15.5 Å². The quantitative estimate of drug-likeness (QED) is 0.541. The van der Waals surface area contributed by atoms with Crippen LogP contribution >= 0.6 is 23.8 Å². The van der Waals surface area contributed by atoms with Crippen LogP contribution in [0.2, 0.25) is 5.02 Å². The first kappa shape index (κ1) is 20.9. The number of carbonyl (C=O) groups is 1. The molecule has 1 amide bonds. The number of nitrogens with zero attached hydrogens (tertiary/aromatic N) is 2. The lowest BCUT2D eigenvalue weighted by molar-refractivity contribution is -0.119. The van der Waals surface area contributed by atoms with E-state index in [4.69, 9.17) is 23.8 Å². The molecule has 1 aliphatic rings. The van der Waals surface area contributed by atoms with E-state index in [1.165, 1.54) is 0 Å². The Kier molecular flexibility index (Phi) is 8.62. The highest BCUT2D eigenvalue weighted by Crippen LogP contribution is 2.29. The minimum Gasteiger partial charge on any atom is -0.368 e. The number of anilines is 2. The molecule has 2 N–H and O–H groups in total. The molecule has 1 aromatic carbocycles. The zero-order valence-electron chi connectivity index (χ0n) is 15.7. The van der Waals surface area contributed by atoms with Gasteiger partial charge in [-0.25, -0.2) is 0 Å². The van der Waals surface area contributed by atoms with Gasteiger partial charge in [-0.1, -0.05) is 38.3 Å². The number of benzene rings is 1. The number of unbranched alkanes of at least 4 members (excludes halogenated alkanes) is 2. The lowest BCUT2D eigenvalue weighted by Crippen LogP contribution is -2.46. The van der Waals surface area contributed by atoms with E-state index < -0.39 is 0 Å². The Labute approximate surface area is 167 Å². The fraction of sp³-hybridized carbons (Fsp3) is 0.579. The number of rotatable bonds is 7. The Morgan fingerprint density at radius 3 is 2.54 bits per heavy atom. The lowest BCUT2D eigenvalue weighted by Gasteiger charge is -2.36. The van der Waals surface area contributed by atoms with Gasteiger partial charge >= 0.3 is 0 Å². The van der Waals surface area contributed by atoms with Gasteiger partial charge in [-0.2, -0.15) is 0 Å². The number of amides is 1. The van der Waals surface area contributed by atoms with Crippen molar-refractivity contribution in [3.05, 3.63) is 23.2 Å². The maximum atomic E-state index is 11.8. The lowest BCUT2D eigenvalue weighted by atomic mass is 10.2. The van der Waals surface area contributed by atoms with Crippen LogP contribution in [0.25, 0.3) is 0 Å². The number of piperazine rings is 1. The number of carbonyl (C=O) groups excluding carboxylic acids is 1. The molecule has 0 aliphatic carbocycles. The molecule has 1 aliphatic heterocycles. The zero-order chi connectivity index (χ0) is 18.9. The molecule has 2 rings (SSSR count). The van der Waals surface area contributed by atoms with E-state index >= 15 is 0 Å². The Balaban J connectivity index is 1.87. The normalized spacial score (nSPS) is 15.0. The van der Waals surface area contributed by atoms with Gasteiger partial charge in [0.15, 0.2) is 5.11 Å². The Morgan fingerprint density at radius 1 is 1.19 bits per heavy atom. The number of nitrogens with one attached hydrogen (secondary N) is 2. The molecule has 26 heavy (non-hydrogen) atoms. The van der Waals surface area contributed by atoms with E-state index in [2.05, 4.69) is 34.3 Å². The van der Waals surface area contributed by atoms with Crippen molar-refractivity contribution in [2.45, 2.75) is 39.5 Å². The number of halogens is 1. The van der Waals surface area contributed by atoms with Crippen LogP contribution in [0.1, 0.15) is 39.5 Å². The molecule has 0 bridgehead atoms. The van der Waals surface area contributed by atoms with E-state index in [1.54, 1.807) is 0 Å². The van der Waals surface area contributed by atoms with Crippen LogP contribution in [0.4, 0.5) is 11.4 Å². The van der Waals surface area contributed by atoms with Crippen molar-refractivity contribution in [3.63, 3.8) is 0 Å². The van der Waals surface area contributed by atoms with E-state index in [1.807, 2.05) is 18.2 Å². The molecular weight excluding hydrogens is 368 g/mol. The van der Waals surface area contributed by atoms with Gasteiger partial charge in [0, 0.05) is 38.3 Å². The van der Waals surface area contributed by atoms with Crippen LogP contribution in [-0.4, -0.2) is 48.6 Å². The van der Waals surface area contributed by atoms with Gasteiger partial charge in [-0.3, -0.25) is 4.79 Å². The molecule has 0 unspecified atom stereocenters. The predicted octanol–water partition coefficient (Wildman–Crippen LogP) is 3.88. The molecule has 0 spiro atoms. The first-order chi connectivity index (χ1) is 12.5. The molecule has 1 fully saturated rings. The first-order valence-corrected chi connectivity index (χ1v) is 10.2. The highest BCUT2D eigenvalue weighted by molar-refractivity contribution is 7.80. The van der Waals surface area contributed by atoms with E-state index in [0.717, 1.165) is 63.4 Å². The molecular formula is C19H29ClN4OS. The summed E-state index contributed by atoms with van der Waals surface area (Å²) >= 11 is 11.7. The van der Waals surface area contributed by atoms with E-state index in [0.29, 0.717) is 16.6 Å². The summed E-state index contributed by atoms with van der Waals surface area (Å²) < 4.78 is 0. The summed E-state index contributed by atoms with van der Waals surface area (Å²) in [6, 6.07) is 5.82. The maximum Gasteiger partial charge on any atom is 0.226 e. The molecule has 0 radical (unpaired) electrons.